The van der Waals surface area contributed by atoms with Gasteiger partial charge in [-0.3, -0.25) is 4.90 Å². The van der Waals surface area contributed by atoms with Gasteiger partial charge in [0.25, 0.3) is 0 Å². The van der Waals surface area contributed by atoms with Gasteiger partial charge in [-0.15, -0.1) is 0 Å². The molecule has 1 aromatic carbocycles. The summed E-state index contributed by atoms with van der Waals surface area (Å²) in [4.78, 5) is 2.25. The molecule has 0 spiro atoms. The average Bonchev–Trinajstić information content (AvgIpc) is 2.99. The van der Waals surface area contributed by atoms with Crippen molar-refractivity contribution < 1.29 is 18.3 Å². The highest BCUT2D eigenvalue weighted by atomic mass is 19.2. The summed E-state index contributed by atoms with van der Waals surface area (Å²) in [6.07, 6.45) is 2.00. The summed E-state index contributed by atoms with van der Waals surface area (Å²) in [5.41, 5.74) is 0.594. The molecule has 124 valence electrons. The average molecular weight is 322 g/mol. The van der Waals surface area contributed by atoms with E-state index in [4.69, 9.17) is 9.52 Å². The van der Waals surface area contributed by atoms with Gasteiger partial charge < -0.3 is 14.8 Å². The van der Waals surface area contributed by atoms with Gasteiger partial charge in [0.15, 0.2) is 11.6 Å². The zero-order valence-electron chi connectivity index (χ0n) is 12.8. The number of piperidine rings is 1. The van der Waals surface area contributed by atoms with Crippen molar-refractivity contribution in [3.05, 3.63) is 53.5 Å². The summed E-state index contributed by atoms with van der Waals surface area (Å²) in [7, 11) is 0. The van der Waals surface area contributed by atoms with Crippen molar-refractivity contribution in [2.75, 3.05) is 18.4 Å². The largest absolute Gasteiger partial charge is 0.462 e. The van der Waals surface area contributed by atoms with Crippen molar-refractivity contribution >= 4 is 5.69 Å². The van der Waals surface area contributed by atoms with Crippen LogP contribution >= 0.6 is 0 Å². The minimum Gasteiger partial charge on any atom is -0.462 e. The number of halogens is 2. The lowest BCUT2D eigenvalue weighted by atomic mass is 10.1. The predicted octanol–water partition coefficient (Wildman–Crippen LogP) is 3.13. The van der Waals surface area contributed by atoms with E-state index in [1.165, 1.54) is 6.07 Å². The monoisotopic (exact) mass is 322 g/mol. The molecule has 2 aromatic rings. The highest BCUT2D eigenvalue weighted by molar-refractivity contribution is 5.44. The second-order valence-electron chi connectivity index (χ2n) is 5.87. The molecule has 1 saturated heterocycles. The van der Waals surface area contributed by atoms with Crippen LogP contribution in [0.25, 0.3) is 0 Å². The lowest BCUT2D eigenvalue weighted by molar-refractivity contribution is 0.186. The zero-order chi connectivity index (χ0) is 16.2. The van der Waals surface area contributed by atoms with Crippen LogP contribution < -0.4 is 5.32 Å². The van der Waals surface area contributed by atoms with Crippen LogP contribution in [0.3, 0.4) is 0 Å². The van der Waals surface area contributed by atoms with Gasteiger partial charge in [0, 0.05) is 24.3 Å². The Morgan fingerprint density at radius 2 is 2.00 bits per heavy atom. The quantitative estimate of drug-likeness (QED) is 0.888. The Balaban J connectivity index is 1.58. The van der Waals surface area contributed by atoms with Crippen LogP contribution in [0.4, 0.5) is 14.5 Å². The maximum atomic E-state index is 13.3. The summed E-state index contributed by atoms with van der Waals surface area (Å²) >= 11 is 0. The topological polar surface area (TPSA) is 48.6 Å². The standard InChI is InChI=1S/C17H20F2N2O2/c18-16-6-3-12(8-17(16)19)20-13-2-1-7-21(9-13)10-14-4-5-15(11-22)23-14/h3-6,8,13,20,22H,1-2,7,9-11H2/t13-/m1/s1. The lowest BCUT2D eigenvalue weighted by Crippen LogP contribution is -2.41. The first-order chi connectivity index (χ1) is 11.1. The van der Waals surface area contributed by atoms with E-state index in [2.05, 4.69) is 10.2 Å². The summed E-state index contributed by atoms with van der Waals surface area (Å²) in [6.45, 7) is 2.34. The molecule has 1 fully saturated rings. The molecule has 1 aliphatic rings. The minimum atomic E-state index is -0.838. The second-order valence-corrected chi connectivity index (χ2v) is 5.87. The highest BCUT2D eigenvalue weighted by Crippen LogP contribution is 2.20. The normalized spacial score (nSPS) is 19.0. The van der Waals surface area contributed by atoms with Crippen LogP contribution in [0.1, 0.15) is 24.4 Å². The van der Waals surface area contributed by atoms with E-state index in [0.717, 1.165) is 37.8 Å². The SMILES string of the molecule is OCc1ccc(CN2CCC[C@@H](Nc3ccc(F)c(F)c3)C2)o1. The van der Waals surface area contributed by atoms with Gasteiger partial charge in [0.1, 0.15) is 18.1 Å². The molecule has 0 unspecified atom stereocenters. The first kappa shape index (κ1) is 16.0. The molecular weight excluding hydrogens is 302 g/mol. The zero-order valence-corrected chi connectivity index (χ0v) is 12.8. The maximum Gasteiger partial charge on any atom is 0.160 e. The first-order valence-electron chi connectivity index (χ1n) is 7.76. The minimum absolute atomic E-state index is 0.0969. The number of hydrogen-bond donors (Lipinski definition) is 2. The Morgan fingerprint density at radius 1 is 1.17 bits per heavy atom. The van der Waals surface area contributed by atoms with Gasteiger partial charge in [-0.05, 0) is 43.7 Å². The van der Waals surface area contributed by atoms with Gasteiger partial charge in [-0.25, -0.2) is 8.78 Å². The third-order valence-electron chi connectivity index (χ3n) is 4.05. The number of nitrogens with zero attached hydrogens (tertiary/aromatic N) is 1. The summed E-state index contributed by atoms with van der Waals surface area (Å²) in [6, 6.07) is 7.71. The molecule has 3 rings (SSSR count). The fraction of sp³-hybridized carbons (Fsp3) is 0.412. The van der Waals surface area contributed by atoms with Crippen LogP contribution in [-0.4, -0.2) is 29.1 Å². The Kier molecular flexibility index (Phi) is 4.93. The fourth-order valence-corrected chi connectivity index (χ4v) is 2.95. The Morgan fingerprint density at radius 3 is 2.74 bits per heavy atom. The molecule has 0 radical (unpaired) electrons. The highest BCUT2D eigenvalue weighted by Gasteiger charge is 2.21. The first-order valence-corrected chi connectivity index (χ1v) is 7.76. The van der Waals surface area contributed by atoms with Crippen molar-refractivity contribution in [2.45, 2.75) is 32.0 Å². The number of anilines is 1. The van der Waals surface area contributed by atoms with E-state index in [0.29, 0.717) is 18.0 Å². The number of rotatable bonds is 5. The summed E-state index contributed by atoms with van der Waals surface area (Å²) in [5.74, 6) is -0.288. The summed E-state index contributed by atoms with van der Waals surface area (Å²) in [5, 5.41) is 12.3. The third kappa shape index (κ3) is 4.09. The number of nitrogens with one attached hydrogen (secondary N) is 1. The smallest absolute Gasteiger partial charge is 0.160 e. The van der Waals surface area contributed by atoms with Gasteiger partial charge in [-0.2, -0.15) is 0 Å². The Labute approximate surface area is 133 Å². The molecule has 0 amide bonds. The number of hydrogen-bond acceptors (Lipinski definition) is 4. The molecule has 0 bridgehead atoms. The van der Waals surface area contributed by atoms with E-state index in [1.54, 1.807) is 12.1 Å². The molecular formula is C17H20F2N2O2. The van der Waals surface area contributed by atoms with E-state index in [9.17, 15) is 8.78 Å². The van der Waals surface area contributed by atoms with Crippen LogP contribution in [0.2, 0.25) is 0 Å². The molecule has 1 atom stereocenters. The van der Waals surface area contributed by atoms with Crippen LogP contribution in [0.5, 0.6) is 0 Å². The molecule has 1 aromatic heterocycles. The number of likely N-dealkylation sites (tertiary alicyclic amines) is 1. The number of aliphatic hydroxyl groups is 1. The van der Waals surface area contributed by atoms with Gasteiger partial charge in [0.05, 0.1) is 6.54 Å². The van der Waals surface area contributed by atoms with Crippen LogP contribution in [-0.2, 0) is 13.2 Å². The Bertz CT molecular complexity index is 660. The van der Waals surface area contributed by atoms with Crippen molar-refractivity contribution in [1.82, 2.24) is 4.90 Å². The number of furan rings is 1. The van der Waals surface area contributed by atoms with E-state index < -0.39 is 11.6 Å². The van der Waals surface area contributed by atoms with E-state index in [-0.39, 0.29) is 12.6 Å². The lowest BCUT2D eigenvalue weighted by Gasteiger charge is -2.33. The van der Waals surface area contributed by atoms with Crippen LogP contribution in [0, 0.1) is 11.6 Å². The van der Waals surface area contributed by atoms with Gasteiger partial charge >= 0.3 is 0 Å². The molecule has 4 nitrogen and oxygen atoms in total. The van der Waals surface area contributed by atoms with E-state index >= 15 is 0 Å². The summed E-state index contributed by atoms with van der Waals surface area (Å²) < 4.78 is 31.8. The van der Waals surface area contributed by atoms with Gasteiger partial charge in [-0.1, -0.05) is 0 Å². The van der Waals surface area contributed by atoms with E-state index in [1.807, 2.05) is 6.07 Å². The molecule has 0 aliphatic carbocycles. The van der Waals surface area contributed by atoms with Crippen molar-refractivity contribution in [2.24, 2.45) is 0 Å². The Hall–Kier alpha value is -1.92. The third-order valence-corrected chi connectivity index (χ3v) is 4.05. The number of benzene rings is 1. The molecule has 2 N–H and O–H groups in total. The second kappa shape index (κ2) is 7.10. The molecule has 1 aliphatic heterocycles. The fourth-order valence-electron chi connectivity index (χ4n) is 2.95. The van der Waals surface area contributed by atoms with Crippen molar-refractivity contribution in [3.8, 4) is 0 Å². The molecule has 2 heterocycles. The van der Waals surface area contributed by atoms with Gasteiger partial charge in [0.2, 0.25) is 0 Å². The number of aliphatic hydroxyl groups excluding tert-OH is 1. The predicted molar refractivity (Wildman–Crippen MR) is 82.9 cm³/mol. The van der Waals surface area contributed by atoms with Crippen molar-refractivity contribution in [1.29, 1.82) is 0 Å². The molecule has 6 heteroatoms. The van der Waals surface area contributed by atoms with Crippen LogP contribution in [0.15, 0.2) is 34.7 Å². The maximum absolute atomic E-state index is 13.3. The van der Waals surface area contributed by atoms with Crippen molar-refractivity contribution in [3.63, 3.8) is 0 Å². The molecule has 23 heavy (non-hydrogen) atoms. The molecule has 0 saturated carbocycles.